The molecule has 132 valence electrons. The first-order valence-corrected chi connectivity index (χ1v) is 8.62. The number of hydrogen-bond donors (Lipinski definition) is 2. The summed E-state index contributed by atoms with van der Waals surface area (Å²) in [4.78, 5) is 26.7. The first-order valence-electron chi connectivity index (χ1n) is 8.62. The lowest BCUT2D eigenvalue weighted by Crippen LogP contribution is -2.52. The van der Waals surface area contributed by atoms with E-state index in [0.29, 0.717) is 19.5 Å². The van der Waals surface area contributed by atoms with Crippen molar-refractivity contribution in [2.24, 2.45) is 0 Å². The van der Waals surface area contributed by atoms with Crippen LogP contribution in [0, 0.1) is 0 Å². The molecule has 1 atom stereocenters. The number of rotatable bonds is 5. The van der Waals surface area contributed by atoms with Crippen LogP contribution >= 0.6 is 0 Å². The number of nitrogens with one attached hydrogen (secondary N) is 1. The number of benzene rings is 1. The van der Waals surface area contributed by atoms with E-state index in [1.807, 2.05) is 24.3 Å². The number of furan rings is 1. The van der Waals surface area contributed by atoms with E-state index in [2.05, 4.69) is 5.32 Å². The van der Waals surface area contributed by atoms with Crippen molar-refractivity contribution in [1.82, 2.24) is 10.2 Å². The van der Waals surface area contributed by atoms with Crippen LogP contribution in [0.2, 0.25) is 0 Å². The van der Waals surface area contributed by atoms with Crippen LogP contribution in [-0.2, 0) is 11.2 Å². The summed E-state index contributed by atoms with van der Waals surface area (Å²) in [6, 6.07) is 10.5. The lowest BCUT2D eigenvalue weighted by molar-refractivity contribution is -0.126. The van der Waals surface area contributed by atoms with Crippen LogP contribution in [0.1, 0.15) is 35.4 Å². The van der Waals surface area contributed by atoms with E-state index in [9.17, 15) is 9.59 Å². The van der Waals surface area contributed by atoms with E-state index >= 15 is 0 Å². The molecule has 1 fully saturated rings. The average Bonchev–Trinajstić information content (AvgIpc) is 3.17. The third kappa shape index (κ3) is 4.21. The van der Waals surface area contributed by atoms with Gasteiger partial charge < -0.3 is 20.4 Å². The number of nitrogens with zero attached hydrogens (tertiary/aromatic N) is 1. The minimum absolute atomic E-state index is 0.102. The van der Waals surface area contributed by atoms with Crippen molar-refractivity contribution < 1.29 is 14.0 Å². The van der Waals surface area contributed by atoms with E-state index < -0.39 is 6.04 Å². The molecule has 2 heterocycles. The molecule has 6 nitrogen and oxygen atoms in total. The number of carbonyl (C=O) groups is 2. The Kier molecular flexibility index (Phi) is 5.38. The molecule has 1 unspecified atom stereocenters. The van der Waals surface area contributed by atoms with E-state index in [4.69, 9.17) is 10.2 Å². The van der Waals surface area contributed by atoms with Crippen molar-refractivity contribution in [3.63, 3.8) is 0 Å². The summed E-state index contributed by atoms with van der Waals surface area (Å²) >= 11 is 0. The van der Waals surface area contributed by atoms with Gasteiger partial charge in [-0.25, -0.2) is 0 Å². The quantitative estimate of drug-likeness (QED) is 0.816. The van der Waals surface area contributed by atoms with Gasteiger partial charge in [0.1, 0.15) is 6.04 Å². The second-order valence-corrected chi connectivity index (χ2v) is 6.27. The zero-order valence-corrected chi connectivity index (χ0v) is 14.1. The molecule has 1 saturated heterocycles. The predicted octanol–water partition coefficient (Wildman–Crippen LogP) is 2.22. The highest BCUT2D eigenvalue weighted by molar-refractivity contribution is 5.95. The molecule has 2 amide bonds. The summed E-state index contributed by atoms with van der Waals surface area (Å²) in [5.74, 6) is -0.0417. The number of anilines is 1. The number of hydrogen-bond acceptors (Lipinski definition) is 4. The number of piperidine rings is 1. The standard InChI is InChI=1S/C19H23N3O3/c20-15-8-6-14(7-9-15)10-11-21-18(23)16-4-1-2-12-22(16)19(24)17-5-3-13-25-17/h3,5-9,13,16H,1-2,4,10-12,20H2,(H,21,23). The molecule has 0 bridgehead atoms. The molecule has 6 heteroatoms. The summed E-state index contributed by atoms with van der Waals surface area (Å²) in [6.07, 6.45) is 4.73. The van der Waals surface area contributed by atoms with E-state index in [1.165, 1.54) is 6.26 Å². The van der Waals surface area contributed by atoms with Crippen LogP contribution < -0.4 is 11.1 Å². The Morgan fingerprint density at radius 3 is 2.72 bits per heavy atom. The summed E-state index contributed by atoms with van der Waals surface area (Å²) in [7, 11) is 0. The van der Waals surface area contributed by atoms with Crippen molar-refractivity contribution in [3.8, 4) is 0 Å². The molecular formula is C19H23N3O3. The molecule has 0 spiro atoms. The Morgan fingerprint density at radius 2 is 2.00 bits per heavy atom. The van der Waals surface area contributed by atoms with Gasteiger partial charge in [-0.1, -0.05) is 12.1 Å². The van der Waals surface area contributed by atoms with Crippen LogP contribution in [-0.4, -0.2) is 35.8 Å². The van der Waals surface area contributed by atoms with Gasteiger partial charge in [-0.05, 0) is 55.5 Å². The van der Waals surface area contributed by atoms with E-state index in [-0.39, 0.29) is 17.6 Å². The Morgan fingerprint density at radius 1 is 1.20 bits per heavy atom. The van der Waals surface area contributed by atoms with Crippen molar-refractivity contribution in [3.05, 3.63) is 54.0 Å². The lowest BCUT2D eigenvalue weighted by atomic mass is 10.0. The van der Waals surface area contributed by atoms with Crippen LogP contribution in [0.5, 0.6) is 0 Å². The molecule has 0 saturated carbocycles. The second kappa shape index (κ2) is 7.88. The number of amides is 2. The fraction of sp³-hybridized carbons (Fsp3) is 0.368. The first kappa shape index (κ1) is 17.1. The highest BCUT2D eigenvalue weighted by Gasteiger charge is 2.33. The number of nitrogens with two attached hydrogens (primary N) is 1. The molecule has 3 rings (SSSR count). The molecule has 1 aromatic carbocycles. The third-order valence-corrected chi connectivity index (χ3v) is 4.49. The highest BCUT2D eigenvalue weighted by Crippen LogP contribution is 2.20. The van der Waals surface area contributed by atoms with Crippen LogP contribution in [0.15, 0.2) is 47.1 Å². The molecule has 2 aromatic rings. The summed E-state index contributed by atoms with van der Waals surface area (Å²) in [5.41, 5.74) is 7.51. The number of carbonyl (C=O) groups excluding carboxylic acids is 2. The smallest absolute Gasteiger partial charge is 0.290 e. The van der Waals surface area contributed by atoms with Crippen molar-refractivity contribution in [2.45, 2.75) is 31.7 Å². The van der Waals surface area contributed by atoms with Gasteiger partial charge in [0.05, 0.1) is 6.26 Å². The molecule has 3 N–H and O–H groups in total. The van der Waals surface area contributed by atoms with Gasteiger partial charge in [0.15, 0.2) is 5.76 Å². The largest absolute Gasteiger partial charge is 0.459 e. The minimum Gasteiger partial charge on any atom is -0.459 e. The zero-order valence-electron chi connectivity index (χ0n) is 14.1. The van der Waals surface area contributed by atoms with Gasteiger partial charge in [-0.15, -0.1) is 0 Å². The van der Waals surface area contributed by atoms with Gasteiger partial charge in [0, 0.05) is 18.8 Å². The number of nitrogen functional groups attached to an aromatic ring is 1. The Bertz CT molecular complexity index is 710. The summed E-state index contributed by atoms with van der Waals surface area (Å²) in [5, 5.41) is 2.95. The maximum atomic E-state index is 12.6. The predicted molar refractivity (Wildman–Crippen MR) is 95.0 cm³/mol. The SMILES string of the molecule is Nc1ccc(CCNC(=O)C2CCCCN2C(=O)c2ccco2)cc1. The molecule has 25 heavy (non-hydrogen) atoms. The van der Waals surface area contributed by atoms with Gasteiger partial charge in [0.2, 0.25) is 5.91 Å². The Labute approximate surface area is 147 Å². The van der Waals surface area contributed by atoms with Gasteiger partial charge in [-0.3, -0.25) is 9.59 Å². The summed E-state index contributed by atoms with van der Waals surface area (Å²) in [6.45, 7) is 1.11. The highest BCUT2D eigenvalue weighted by atomic mass is 16.3. The minimum atomic E-state index is -0.433. The van der Waals surface area contributed by atoms with Crippen LogP contribution in [0.3, 0.4) is 0 Å². The average molecular weight is 341 g/mol. The van der Waals surface area contributed by atoms with E-state index in [1.54, 1.807) is 17.0 Å². The summed E-state index contributed by atoms with van der Waals surface area (Å²) < 4.78 is 5.19. The van der Waals surface area contributed by atoms with Gasteiger partial charge >= 0.3 is 0 Å². The Hall–Kier alpha value is -2.76. The van der Waals surface area contributed by atoms with Gasteiger partial charge in [0.25, 0.3) is 5.91 Å². The van der Waals surface area contributed by atoms with Crippen LogP contribution in [0.4, 0.5) is 5.69 Å². The fourth-order valence-electron chi connectivity index (χ4n) is 3.12. The molecule has 1 aliphatic heterocycles. The number of likely N-dealkylation sites (tertiary alicyclic amines) is 1. The normalized spacial score (nSPS) is 17.3. The molecule has 0 radical (unpaired) electrons. The van der Waals surface area contributed by atoms with Gasteiger partial charge in [-0.2, -0.15) is 0 Å². The first-order chi connectivity index (χ1) is 12.1. The lowest BCUT2D eigenvalue weighted by Gasteiger charge is -2.34. The monoisotopic (exact) mass is 341 g/mol. The third-order valence-electron chi connectivity index (χ3n) is 4.49. The maximum absolute atomic E-state index is 12.6. The topological polar surface area (TPSA) is 88.6 Å². The molecule has 1 aromatic heterocycles. The van der Waals surface area contributed by atoms with E-state index in [0.717, 1.165) is 30.5 Å². The van der Waals surface area contributed by atoms with Crippen LogP contribution in [0.25, 0.3) is 0 Å². The van der Waals surface area contributed by atoms with Crippen molar-refractivity contribution in [2.75, 3.05) is 18.8 Å². The molecular weight excluding hydrogens is 318 g/mol. The Balaban J connectivity index is 1.57. The fourth-order valence-corrected chi connectivity index (χ4v) is 3.12. The molecule has 0 aliphatic carbocycles. The zero-order chi connectivity index (χ0) is 17.6. The molecule has 1 aliphatic rings. The second-order valence-electron chi connectivity index (χ2n) is 6.27. The maximum Gasteiger partial charge on any atom is 0.290 e. The van der Waals surface area contributed by atoms with Crippen molar-refractivity contribution >= 4 is 17.5 Å². The van der Waals surface area contributed by atoms with Crippen molar-refractivity contribution in [1.29, 1.82) is 0 Å².